The lowest BCUT2D eigenvalue weighted by molar-refractivity contribution is 0.0959. The molecule has 0 atom stereocenters. The second-order valence-corrected chi connectivity index (χ2v) is 8.30. The molecule has 2 aliphatic rings. The maximum Gasteiger partial charge on any atom is 0.273 e. The molecule has 23 heavy (non-hydrogen) atoms. The minimum absolute atomic E-state index is 0.321. The van der Waals surface area contributed by atoms with Crippen molar-refractivity contribution in [2.75, 3.05) is 13.1 Å². The Morgan fingerprint density at radius 1 is 1.13 bits per heavy atom. The molecule has 2 aromatic rings. The first-order valence-electron chi connectivity index (χ1n) is 8.59. The average molecular weight is 350 g/mol. The first-order valence-corrected chi connectivity index (χ1v) is 10.4. The molecule has 2 aromatic heterocycles. The van der Waals surface area contributed by atoms with Gasteiger partial charge in [-0.05, 0) is 25.7 Å². The van der Waals surface area contributed by atoms with Crippen molar-refractivity contribution in [1.29, 1.82) is 0 Å². The summed E-state index contributed by atoms with van der Waals surface area (Å²) in [5.74, 6) is 0.742. The zero-order chi connectivity index (χ0) is 15.5. The van der Waals surface area contributed by atoms with Crippen LogP contribution in [0.5, 0.6) is 5.19 Å². The van der Waals surface area contributed by atoms with Gasteiger partial charge in [0.15, 0.2) is 0 Å². The fourth-order valence-corrected chi connectivity index (χ4v) is 5.11. The summed E-state index contributed by atoms with van der Waals surface area (Å²) in [5.41, 5.74) is 1.26. The molecule has 0 aromatic carbocycles. The Morgan fingerprint density at radius 2 is 1.96 bits per heavy atom. The van der Waals surface area contributed by atoms with Crippen LogP contribution >= 0.6 is 22.7 Å². The predicted molar refractivity (Wildman–Crippen MR) is 94.4 cm³/mol. The molecule has 3 heterocycles. The van der Waals surface area contributed by atoms with Crippen LogP contribution in [0.25, 0.3) is 0 Å². The molecule has 0 N–H and O–H groups in total. The lowest BCUT2D eigenvalue weighted by atomic mass is 10.1. The molecule has 0 unspecified atom stereocenters. The van der Waals surface area contributed by atoms with Crippen LogP contribution in [0.3, 0.4) is 0 Å². The zero-order valence-electron chi connectivity index (χ0n) is 13.3. The molecule has 0 amide bonds. The van der Waals surface area contributed by atoms with Gasteiger partial charge >= 0.3 is 0 Å². The maximum atomic E-state index is 5.93. The first-order chi connectivity index (χ1) is 11.4. The van der Waals surface area contributed by atoms with E-state index in [-0.39, 0.29) is 0 Å². The van der Waals surface area contributed by atoms with Gasteiger partial charge in [0.1, 0.15) is 6.10 Å². The Balaban J connectivity index is 1.26. The number of thiazole rings is 2. The fraction of sp³-hybridized carbons (Fsp3) is 0.647. The van der Waals surface area contributed by atoms with E-state index in [1.807, 2.05) is 16.7 Å². The van der Waals surface area contributed by atoms with Crippen molar-refractivity contribution >= 4 is 22.7 Å². The van der Waals surface area contributed by atoms with Gasteiger partial charge in [0.25, 0.3) is 5.19 Å². The van der Waals surface area contributed by atoms with E-state index in [0.717, 1.165) is 43.6 Å². The lowest BCUT2D eigenvalue weighted by Gasteiger charge is -2.31. The normalized spacial score (nSPS) is 21.0. The molecule has 4 nitrogen and oxygen atoms in total. The molecule has 1 aliphatic carbocycles. The van der Waals surface area contributed by atoms with Gasteiger partial charge in [0.2, 0.25) is 0 Å². The molecule has 1 saturated carbocycles. The van der Waals surface area contributed by atoms with E-state index in [1.165, 1.54) is 36.4 Å². The van der Waals surface area contributed by atoms with Crippen LogP contribution in [-0.4, -0.2) is 34.1 Å². The highest BCUT2D eigenvalue weighted by atomic mass is 32.1. The largest absolute Gasteiger partial charge is 0.467 e. The number of nitrogens with zero attached hydrogens (tertiary/aromatic N) is 3. The Kier molecular flexibility index (Phi) is 4.92. The Hall–Kier alpha value is -0.980. The highest BCUT2D eigenvalue weighted by molar-refractivity contribution is 7.11. The smallest absolute Gasteiger partial charge is 0.273 e. The summed E-state index contributed by atoms with van der Waals surface area (Å²) < 4.78 is 5.93. The molecule has 1 aliphatic heterocycles. The number of ether oxygens (including phenoxy) is 1. The molecular weight excluding hydrogens is 326 g/mol. The summed E-state index contributed by atoms with van der Waals surface area (Å²) in [4.78, 5) is 11.6. The van der Waals surface area contributed by atoms with Crippen molar-refractivity contribution in [3.8, 4) is 5.19 Å². The summed E-state index contributed by atoms with van der Waals surface area (Å²) in [5, 5.41) is 6.42. The molecule has 4 rings (SSSR count). The molecule has 0 spiro atoms. The third-order valence-electron chi connectivity index (χ3n) is 4.87. The standard InChI is InChI=1S/C17H23N3OS2/c1-2-4-13(3-1)16-19-14(12-23-16)11-20-8-5-15(6-9-20)21-17-18-7-10-22-17/h7,10,12-13,15H,1-6,8-9,11H2. The molecule has 0 radical (unpaired) electrons. The van der Waals surface area contributed by atoms with E-state index in [0.29, 0.717) is 6.10 Å². The molecule has 124 valence electrons. The van der Waals surface area contributed by atoms with Crippen molar-refractivity contribution in [3.63, 3.8) is 0 Å². The fourth-order valence-electron chi connectivity index (χ4n) is 3.58. The van der Waals surface area contributed by atoms with Crippen LogP contribution in [-0.2, 0) is 6.54 Å². The van der Waals surface area contributed by atoms with Crippen molar-refractivity contribution in [2.24, 2.45) is 0 Å². The predicted octanol–water partition coefficient (Wildman–Crippen LogP) is 4.30. The number of piperidine rings is 1. The van der Waals surface area contributed by atoms with Crippen molar-refractivity contribution in [3.05, 3.63) is 27.7 Å². The van der Waals surface area contributed by atoms with E-state index < -0.39 is 0 Å². The van der Waals surface area contributed by atoms with E-state index in [9.17, 15) is 0 Å². The van der Waals surface area contributed by atoms with Gasteiger partial charge in [0, 0.05) is 42.5 Å². The summed E-state index contributed by atoms with van der Waals surface area (Å²) in [6.45, 7) is 3.17. The van der Waals surface area contributed by atoms with Crippen LogP contribution in [0.15, 0.2) is 17.0 Å². The summed E-state index contributed by atoms with van der Waals surface area (Å²) in [6, 6.07) is 0. The van der Waals surface area contributed by atoms with Crippen LogP contribution in [0.4, 0.5) is 0 Å². The molecule has 0 bridgehead atoms. The molecule has 1 saturated heterocycles. The number of rotatable bonds is 5. The first kappa shape index (κ1) is 15.5. The molecule has 2 fully saturated rings. The summed E-state index contributed by atoms with van der Waals surface area (Å²) in [6.07, 6.45) is 9.73. The summed E-state index contributed by atoms with van der Waals surface area (Å²) in [7, 11) is 0. The number of hydrogen-bond acceptors (Lipinski definition) is 6. The topological polar surface area (TPSA) is 38.2 Å². The van der Waals surface area contributed by atoms with E-state index >= 15 is 0 Å². The third kappa shape index (κ3) is 3.92. The van der Waals surface area contributed by atoms with Crippen LogP contribution < -0.4 is 4.74 Å². The van der Waals surface area contributed by atoms with Crippen LogP contribution in [0.1, 0.15) is 55.1 Å². The highest BCUT2D eigenvalue weighted by Crippen LogP contribution is 2.35. The van der Waals surface area contributed by atoms with Gasteiger partial charge in [-0.2, -0.15) is 0 Å². The average Bonchev–Trinajstić information content (AvgIpc) is 3.31. The maximum absolute atomic E-state index is 5.93. The lowest BCUT2D eigenvalue weighted by Crippen LogP contribution is -2.37. The number of hydrogen-bond donors (Lipinski definition) is 0. The minimum Gasteiger partial charge on any atom is -0.467 e. The molecule has 6 heteroatoms. The Morgan fingerprint density at radius 3 is 2.70 bits per heavy atom. The van der Waals surface area contributed by atoms with Gasteiger partial charge in [0.05, 0.1) is 10.7 Å². The van der Waals surface area contributed by atoms with E-state index in [2.05, 4.69) is 15.3 Å². The Labute approximate surface area is 145 Å². The minimum atomic E-state index is 0.321. The third-order valence-corrected chi connectivity index (χ3v) is 6.59. The number of likely N-dealkylation sites (tertiary alicyclic amines) is 1. The quantitative estimate of drug-likeness (QED) is 0.806. The van der Waals surface area contributed by atoms with Crippen LogP contribution in [0, 0.1) is 0 Å². The van der Waals surface area contributed by atoms with Crippen molar-refractivity contribution in [2.45, 2.75) is 57.1 Å². The van der Waals surface area contributed by atoms with Crippen LogP contribution in [0.2, 0.25) is 0 Å². The monoisotopic (exact) mass is 349 g/mol. The zero-order valence-corrected chi connectivity index (χ0v) is 15.0. The second kappa shape index (κ2) is 7.28. The van der Waals surface area contributed by atoms with E-state index in [4.69, 9.17) is 9.72 Å². The van der Waals surface area contributed by atoms with E-state index in [1.54, 1.807) is 17.5 Å². The van der Waals surface area contributed by atoms with Gasteiger partial charge in [-0.1, -0.05) is 24.2 Å². The van der Waals surface area contributed by atoms with Gasteiger partial charge < -0.3 is 4.74 Å². The Bertz CT molecular complexity index is 599. The van der Waals surface area contributed by atoms with Crippen molar-refractivity contribution in [1.82, 2.24) is 14.9 Å². The highest BCUT2D eigenvalue weighted by Gasteiger charge is 2.23. The number of aromatic nitrogens is 2. The van der Waals surface area contributed by atoms with Crippen molar-refractivity contribution < 1.29 is 4.74 Å². The SMILES string of the molecule is c1csc(OC2CCN(Cc3csc(C4CCCC4)n3)CC2)n1. The van der Waals surface area contributed by atoms with Gasteiger partial charge in [-0.3, -0.25) is 4.90 Å². The summed E-state index contributed by atoms with van der Waals surface area (Å²) >= 11 is 3.45. The van der Waals surface area contributed by atoms with Gasteiger partial charge in [-0.15, -0.1) is 11.3 Å². The second-order valence-electron chi connectivity index (χ2n) is 6.55. The van der Waals surface area contributed by atoms with Gasteiger partial charge in [-0.25, -0.2) is 9.97 Å². The molecular formula is C17H23N3OS2.